The van der Waals surface area contributed by atoms with E-state index < -0.39 is 10.0 Å². The van der Waals surface area contributed by atoms with Gasteiger partial charge < -0.3 is 9.97 Å². The molecule has 2 aromatic carbocycles. The van der Waals surface area contributed by atoms with Crippen LogP contribution in [0.4, 0.5) is 5.69 Å². The number of anilines is 1. The molecule has 1 heterocycles. The second kappa shape index (κ2) is 5.19. The van der Waals surface area contributed by atoms with Crippen molar-refractivity contribution in [3.63, 3.8) is 0 Å². The summed E-state index contributed by atoms with van der Waals surface area (Å²) in [6.45, 7) is 1.67. The fraction of sp³-hybridized carbons (Fsp3) is 0.0714. The molecule has 0 fully saturated rings. The maximum atomic E-state index is 12.5. The number of hydrogen-bond acceptors (Lipinski definition) is 3. The Bertz CT molecular complexity index is 1000. The van der Waals surface area contributed by atoms with E-state index in [1.165, 1.54) is 6.07 Å². The van der Waals surface area contributed by atoms with Crippen LogP contribution < -0.4 is 10.4 Å². The molecule has 6 nitrogen and oxygen atoms in total. The molecule has 0 aliphatic heterocycles. The fourth-order valence-corrected chi connectivity index (χ4v) is 3.63. The van der Waals surface area contributed by atoms with Crippen molar-refractivity contribution in [2.75, 3.05) is 4.72 Å². The molecule has 0 atom stereocenters. The molecular weight excluding hydrogens is 326 g/mol. The first-order chi connectivity index (χ1) is 10.3. The van der Waals surface area contributed by atoms with Crippen LogP contribution in [0.25, 0.3) is 11.0 Å². The van der Waals surface area contributed by atoms with Crippen LogP contribution in [-0.2, 0) is 10.0 Å². The highest BCUT2D eigenvalue weighted by molar-refractivity contribution is 7.92. The van der Waals surface area contributed by atoms with Gasteiger partial charge >= 0.3 is 5.69 Å². The first-order valence-electron chi connectivity index (χ1n) is 6.36. The third kappa shape index (κ3) is 2.72. The summed E-state index contributed by atoms with van der Waals surface area (Å²) in [5.41, 5.74) is 1.56. The molecule has 0 aliphatic rings. The zero-order valence-electron chi connectivity index (χ0n) is 11.5. The quantitative estimate of drug-likeness (QED) is 0.685. The average Bonchev–Trinajstić information content (AvgIpc) is 2.79. The highest BCUT2D eigenvalue weighted by atomic mass is 35.5. The Morgan fingerprint density at radius 3 is 2.27 bits per heavy atom. The number of sulfonamides is 1. The van der Waals surface area contributed by atoms with Crippen LogP contribution in [0.5, 0.6) is 0 Å². The lowest BCUT2D eigenvalue weighted by atomic mass is 10.2. The van der Waals surface area contributed by atoms with Gasteiger partial charge in [0.05, 0.1) is 15.9 Å². The first kappa shape index (κ1) is 14.7. The van der Waals surface area contributed by atoms with Gasteiger partial charge in [-0.2, -0.15) is 0 Å². The Morgan fingerprint density at radius 1 is 1.05 bits per heavy atom. The van der Waals surface area contributed by atoms with E-state index in [1.807, 2.05) is 0 Å². The number of halogens is 1. The molecule has 0 bridgehead atoms. The summed E-state index contributed by atoms with van der Waals surface area (Å²) in [6.07, 6.45) is 0. The fourth-order valence-electron chi connectivity index (χ4n) is 2.19. The summed E-state index contributed by atoms with van der Waals surface area (Å²) >= 11 is 5.78. The van der Waals surface area contributed by atoms with Crippen molar-refractivity contribution in [1.82, 2.24) is 9.97 Å². The van der Waals surface area contributed by atoms with Crippen LogP contribution in [0, 0.1) is 6.92 Å². The lowest BCUT2D eigenvalue weighted by Crippen LogP contribution is -2.14. The molecule has 22 heavy (non-hydrogen) atoms. The van der Waals surface area contributed by atoms with Crippen molar-refractivity contribution in [1.29, 1.82) is 0 Å². The summed E-state index contributed by atoms with van der Waals surface area (Å²) in [7, 11) is -3.77. The van der Waals surface area contributed by atoms with Gasteiger partial charge in [-0.1, -0.05) is 11.6 Å². The molecular formula is C14H12ClN3O3S. The van der Waals surface area contributed by atoms with Crippen molar-refractivity contribution in [3.05, 3.63) is 57.5 Å². The molecule has 0 unspecified atom stereocenters. The van der Waals surface area contributed by atoms with E-state index in [2.05, 4.69) is 14.7 Å². The molecule has 0 saturated carbocycles. The number of rotatable bonds is 3. The molecule has 3 aromatic rings. The predicted molar refractivity (Wildman–Crippen MR) is 85.9 cm³/mol. The second-order valence-electron chi connectivity index (χ2n) is 4.85. The van der Waals surface area contributed by atoms with Crippen LogP contribution >= 0.6 is 11.6 Å². The molecule has 0 spiro atoms. The number of aromatic amines is 2. The number of imidazole rings is 1. The van der Waals surface area contributed by atoms with Crippen LogP contribution in [0.3, 0.4) is 0 Å². The largest absolute Gasteiger partial charge is 0.323 e. The van der Waals surface area contributed by atoms with Gasteiger partial charge in [-0.05, 0) is 48.9 Å². The molecule has 0 radical (unpaired) electrons. The van der Waals surface area contributed by atoms with Gasteiger partial charge in [0.15, 0.2) is 0 Å². The van der Waals surface area contributed by atoms with Crippen LogP contribution in [-0.4, -0.2) is 18.4 Å². The number of benzene rings is 2. The van der Waals surface area contributed by atoms with Crippen LogP contribution in [0.15, 0.2) is 46.1 Å². The molecule has 0 aliphatic carbocycles. The van der Waals surface area contributed by atoms with Crippen molar-refractivity contribution < 1.29 is 8.42 Å². The zero-order chi connectivity index (χ0) is 15.9. The minimum atomic E-state index is -3.77. The summed E-state index contributed by atoms with van der Waals surface area (Å²) in [5.74, 6) is 0. The number of nitrogens with one attached hydrogen (secondary N) is 3. The number of aryl methyl sites for hydroxylation is 1. The summed E-state index contributed by atoms with van der Waals surface area (Å²) in [4.78, 5) is 16.5. The lowest BCUT2D eigenvalue weighted by Gasteiger charge is -2.10. The Balaban J connectivity index is 2.06. The van der Waals surface area contributed by atoms with E-state index in [0.29, 0.717) is 27.3 Å². The normalized spacial score (nSPS) is 11.7. The topological polar surface area (TPSA) is 94.8 Å². The lowest BCUT2D eigenvalue weighted by molar-refractivity contribution is 0.601. The third-order valence-corrected chi connectivity index (χ3v) is 4.97. The SMILES string of the molecule is Cc1cc2[nH]c(=O)[nH]c2cc1S(=O)(=O)Nc1ccc(Cl)cc1. The van der Waals surface area contributed by atoms with E-state index in [1.54, 1.807) is 37.3 Å². The number of H-pyrrole nitrogens is 2. The average molecular weight is 338 g/mol. The Hall–Kier alpha value is -2.25. The number of aromatic nitrogens is 2. The Labute approximate surface area is 131 Å². The molecule has 1 aromatic heterocycles. The smallest absolute Gasteiger partial charge is 0.306 e. The van der Waals surface area contributed by atoms with Gasteiger partial charge in [0.1, 0.15) is 0 Å². The van der Waals surface area contributed by atoms with Gasteiger partial charge in [-0.15, -0.1) is 0 Å². The molecule has 0 amide bonds. The summed E-state index contributed by atoms with van der Waals surface area (Å²) in [6, 6.07) is 9.39. The minimum Gasteiger partial charge on any atom is -0.306 e. The third-order valence-electron chi connectivity index (χ3n) is 3.20. The number of hydrogen-bond donors (Lipinski definition) is 3. The van der Waals surface area contributed by atoms with Gasteiger partial charge in [0, 0.05) is 10.7 Å². The summed E-state index contributed by atoms with van der Waals surface area (Å²) < 4.78 is 27.5. The van der Waals surface area contributed by atoms with Crippen molar-refractivity contribution in [2.24, 2.45) is 0 Å². The standard InChI is InChI=1S/C14H12ClN3O3S/c1-8-6-11-12(17-14(19)16-11)7-13(8)22(20,21)18-10-4-2-9(15)3-5-10/h2-7,18H,1H3,(H2,16,17,19). The van der Waals surface area contributed by atoms with Gasteiger partial charge in [0.2, 0.25) is 0 Å². The Kier molecular flexibility index (Phi) is 3.46. The van der Waals surface area contributed by atoms with Gasteiger partial charge in [-0.3, -0.25) is 4.72 Å². The predicted octanol–water partition coefficient (Wildman–Crippen LogP) is 2.62. The van der Waals surface area contributed by atoms with Crippen molar-refractivity contribution >= 4 is 38.3 Å². The van der Waals surface area contributed by atoms with E-state index >= 15 is 0 Å². The van der Waals surface area contributed by atoms with E-state index in [4.69, 9.17) is 11.6 Å². The maximum Gasteiger partial charge on any atom is 0.323 e. The molecule has 0 saturated heterocycles. The Morgan fingerprint density at radius 2 is 1.64 bits per heavy atom. The second-order valence-corrected chi connectivity index (χ2v) is 6.94. The molecule has 8 heteroatoms. The highest BCUT2D eigenvalue weighted by Crippen LogP contribution is 2.23. The van der Waals surface area contributed by atoms with Crippen LogP contribution in [0.1, 0.15) is 5.56 Å². The first-order valence-corrected chi connectivity index (χ1v) is 8.22. The van der Waals surface area contributed by atoms with Gasteiger partial charge in [0.25, 0.3) is 10.0 Å². The zero-order valence-corrected chi connectivity index (χ0v) is 13.0. The highest BCUT2D eigenvalue weighted by Gasteiger charge is 2.18. The van der Waals surface area contributed by atoms with E-state index in [-0.39, 0.29) is 10.6 Å². The monoisotopic (exact) mass is 337 g/mol. The minimum absolute atomic E-state index is 0.102. The molecule has 114 valence electrons. The number of fused-ring (bicyclic) bond motifs is 1. The molecule has 3 N–H and O–H groups in total. The van der Waals surface area contributed by atoms with Gasteiger partial charge in [-0.25, -0.2) is 13.2 Å². The van der Waals surface area contributed by atoms with Crippen molar-refractivity contribution in [2.45, 2.75) is 11.8 Å². The van der Waals surface area contributed by atoms with E-state index in [0.717, 1.165) is 0 Å². The van der Waals surface area contributed by atoms with Crippen molar-refractivity contribution in [3.8, 4) is 0 Å². The summed E-state index contributed by atoms with van der Waals surface area (Å²) in [5, 5.41) is 0.519. The van der Waals surface area contributed by atoms with Crippen LogP contribution in [0.2, 0.25) is 5.02 Å². The molecule has 3 rings (SSSR count). The maximum absolute atomic E-state index is 12.5. The van der Waals surface area contributed by atoms with E-state index in [9.17, 15) is 13.2 Å².